The fourth-order valence-electron chi connectivity index (χ4n) is 1.98. The number of hydrogen-bond acceptors (Lipinski definition) is 4. The summed E-state index contributed by atoms with van der Waals surface area (Å²) in [6, 6.07) is 0. The van der Waals surface area contributed by atoms with Gasteiger partial charge in [-0.2, -0.15) is 4.80 Å². The highest BCUT2D eigenvalue weighted by Crippen LogP contribution is 2.43. The van der Waals surface area contributed by atoms with Crippen molar-refractivity contribution in [1.82, 2.24) is 20.2 Å². The van der Waals surface area contributed by atoms with Gasteiger partial charge >= 0.3 is 0 Å². The topological polar surface area (TPSA) is 60.7 Å². The number of carbonyl (C=O) groups is 1. The first kappa shape index (κ1) is 10.3. The molecule has 1 aromatic rings. The molecule has 82 valence electrons. The van der Waals surface area contributed by atoms with Crippen LogP contribution in [0.25, 0.3) is 0 Å². The second kappa shape index (κ2) is 3.40. The first-order valence-corrected chi connectivity index (χ1v) is 5.30. The molecule has 5 nitrogen and oxygen atoms in total. The highest BCUT2D eigenvalue weighted by atomic mass is 16.1. The van der Waals surface area contributed by atoms with E-state index in [-0.39, 0.29) is 17.0 Å². The second-order valence-corrected chi connectivity index (χ2v) is 4.78. The minimum absolute atomic E-state index is 0.0142. The van der Waals surface area contributed by atoms with Crippen LogP contribution >= 0.6 is 0 Å². The van der Waals surface area contributed by atoms with Crippen molar-refractivity contribution in [2.24, 2.45) is 18.4 Å². The third-order valence-corrected chi connectivity index (χ3v) is 3.42. The van der Waals surface area contributed by atoms with E-state index in [2.05, 4.69) is 15.4 Å². The van der Waals surface area contributed by atoms with Gasteiger partial charge in [0.1, 0.15) is 0 Å². The summed E-state index contributed by atoms with van der Waals surface area (Å²) in [7, 11) is 1.67. The summed E-state index contributed by atoms with van der Waals surface area (Å²) in [6.45, 7) is 3.96. The van der Waals surface area contributed by atoms with Gasteiger partial charge in [-0.1, -0.05) is 20.3 Å². The number of tetrazole rings is 1. The maximum Gasteiger partial charge on any atom is 0.241 e. The SMILES string of the molecule is Cn1nnc(C(=O)C(C)(C)C2CCC2)n1. The van der Waals surface area contributed by atoms with E-state index in [0.29, 0.717) is 5.92 Å². The van der Waals surface area contributed by atoms with Crippen molar-refractivity contribution in [2.45, 2.75) is 33.1 Å². The normalized spacial score (nSPS) is 17.5. The minimum atomic E-state index is -0.346. The smallest absolute Gasteiger partial charge is 0.241 e. The van der Waals surface area contributed by atoms with Crippen LogP contribution in [0.1, 0.15) is 43.7 Å². The number of nitrogens with zero attached hydrogens (tertiary/aromatic N) is 4. The fraction of sp³-hybridized carbons (Fsp3) is 0.800. The zero-order valence-electron chi connectivity index (χ0n) is 9.40. The lowest BCUT2D eigenvalue weighted by molar-refractivity contribution is 0.0609. The van der Waals surface area contributed by atoms with Crippen molar-refractivity contribution >= 4 is 5.78 Å². The van der Waals surface area contributed by atoms with Crippen molar-refractivity contribution in [3.63, 3.8) is 0 Å². The molecule has 0 bridgehead atoms. The standard InChI is InChI=1S/C10H16N4O/c1-10(2,7-5-4-6-7)8(15)9-11-13-14(3)12-9/h7H,4-6H2,1-3H3. The summed E-state index contributed by atoms with van der Waals surface area (Å²) in [5.41, 5.74) is -0.346. The number of ketones is 1. The van der Waals surface area contributed by atoms with E-state index in [4.69, 9.17) is 0 Å². The Hall–Kier alpha value is -1.26. The van der Waals surface area contributed by atoms with Gasteiger partial charge in [0.2, 0.25) is 11.6 Å². The zero-order valence-corrected chi connectivity index (χ0v) is 9.40. The van der Waals surface area contributed by atoms with E-state index < -0.39 is 0 Å². The third-order valence-electron chi connectivity index (χ3n) is 3.42. The molecule has 0 N–H and O–H groups in total. The van der Waals surface area contributed by atoms with Crippen LogP contribution in [0.4, 0.5) is 0 Å². The van der Waals surface area contributed by atoms with Crippen LogP contribution in [-0.2, 0) is 7.05 Å². The summed E-state index contributed by atoms with van der Waals surface area (Å²) < 4.78 is 0. The Kier molecular flexibility index (Phi) is 2.32. The molecule has 0 aliphatic heterocycles. The Balaban J connectivity index is 2.19. The molecule has 1 aliphatic rings. The number of hydrogen-bond donors (Lipinski definition) is 0. The number of rotatable bonds is 3. The molecule has 1 aromatic heterocycles. The molecule has 1 fully saturated rings. The molecule has 2 rings (SSSR count). The highest BCUT2D eigenvalue weighted by Gasteiger charge is 2.41. The lowest BCUT2D eigenvalue weighted by Crippen LogP contribution is -2.37. The molecule has 0 saturated heterocycles. The van der Waals surface area contributed by atoms with E-state index in [1.165, 1.54) is 11.2 Å². The Morgan fingerprint density at radius 3 is 2.53 bits per heavy atom. The number of carbonyl (C=O) groups excluding carboxylic acids is 1. The van der Waals surface area contributed by atoms with E-state index in [1.807, 2.05) is 13.8 Å². The van der Waals surface area contributed by atoms with Crippen molar-refractivity contribution in [3.05, 3.63) is 5.82 Å². The van der Waals surface area contributed by atoms with Crippen molar-refractivity contribution in [1.29, 1.82) is 0 Å². The minimum Gasteiger partial charge on any atom is -0.290 e. The van der Waals surface area contributed by atoms with Gasteiger partial charge in [-0.25, -0.2) is 0 Å². The van der Waals surface area contributed by atoms with Crippen LogP contribution in [0.15, 0.2) is 0 Å². The van der Waals surface area contributed by atoms with Crippen LogP contribution in [-0.4, -0.2) is 26.0 Å². The molecule has 1 heterocycles. The Morgan fingerprint density at radius 1 is 1.47 bits per heavy atom. The number of aryl methyl sites for hydroxylation is 1. The molecule has 5 heteroatoms. The summed E-state index contributed by atoms with van der Waals surface area (Å²) in [5, 5.41) is 11.4. The average Bonchev–Trinajstić information content (AvgIpc) is 2.46. The monoisotopic (exact) mass is 208 g/mol. The van der Waals surface area contributed by atoms with Gasteiger partial charge in [-0.05, 0) is 24.0 Å². The van der Waals surface area contributed by atoms with Crippen LogP contribution in [0.3, 0.4) is 0 Å². The van der Waals surface area contributed by atoms with Crippen molar-refractivity contribution < 1.29 is 4.79 Å². The lowest BCUT2D eigenvalue weighted by Gasteiger charge is -2.38. The van der Waals surface area contributed by atoms with Gasteiger partial charge in [0.05, 0.1) is 7.05 Å². The van der Waals surface area contributed by atoms with E-state index in [1.54, 1.807) is 7.05 Å². The number of aromatic nitrogens is 4. The van der Waals surface area contributed by atoms with Crippen LogP contribution in [0, 0.1) is 11.3 Å². The maximum atomic E-state index is 12.1. The number of Topliss-reactive ketones (excluding diaryl/α,β-unsaturated/α-hetero) is 1. The van der Waals surface area contributed by atoms with Gasteiger partial charge in [0, 0.05) is 5.41 Å². The highest BCUT2D eigenvalue weighted by molar-refractivity contribution is 5.96. The molecular formula is C10H16N4O. The molecule has 0 amide bonds. The van der Waals surface area contributed by atoms with Crippen LogP contribution in [0.2, 0.25) is 0 Å². The molecular weight excluding hydrogens is 192 g/mol. The Labute approximate surface area is 88.9 Å². The average molecular weight is 208 g/mol. The van der Waals surface area contributed by atoms with Gasteiger partial charge < -0.3 is 0 Å². The summed E-state index contributed by atoms with van der Waals surface area (Å²) >= 11 is 0. The first-order chi connectivity index (χ1) is 7.01. The maximum absolute atomic E-state index is 12.1. The molecule has 1 saturated carbocycles. The molecule has 1 aliphatic carbocycles. The van der Waals surface area contributed by atoms with E-state index >= 15 is 0 Å². The zero-order chi connectivity index (χ0) is 11.1. The van der Waals surface area contributed by atoms with Gasteiger partial charge in [-0.15, -0.1) is 10.2 Å². The van der Waals surface area contributed by atoms with Gasteiger partial charge in [0.25, 0.3) is 0 Å². The summed E-state index contributed by atoms with van der Waals surface area (Å²) in [5.74, 6) is 0.739. The fourth-order valence-corrected chi connectivity index (χ4v) is 1.98. The van der Waals surface area contributed by atoms with Crippen LogP contribution < -0.4 is 0 Å². The van der Waals surface area contributed by atoms with Gasteiger partial charge in [-0.3, -0.25) is 4.79 Å². The van der Waals surface area contributed by atoms with Crippen molar-refractivity contribution in [2.75, 3.05) is 0 Å². The quantitative estimate of drug-likeness (QED) is 0.701. The Morgan fingerprint density at radius 2 is 2.13 bits per heavy atom. The second-order valence-electron chi connectivity index (χ2n) is 4.78. The predicted octanol–water partition coefficient (Wildman–Crippen LogP) is 1.22. The molecule has 0 aromatic carbocycles. The summed E-state index contributed by atoms with van der Waals surface area (Å²) in [4.78, 5) is 13.5. The van der Waals surface area contributed by atoms with Gasteiger partial charge in [0.15, 0.2) is 0 Å². The van der Waals surface area contributed by atoms with E-state index in [9.17, 15) is 4.79 Å². The molecule has 0 unspecified atom stereocenters. The van der Waals surface area contributed by atoms with Crippen molar-refractivity contribution in [3.8, 4) is 0 Å². The Bertz CT molecular complexity index is 379. The summed E-state index contributed by atoms with van der Waals surface area (Å²) in [6.07, 6.45) is 3.51. The molecule has 0 atom stereocenters. The first-order valence-electron chi connectivity index (χ1n) is 5.30. The predicted molar refractivity (Wildman–Crippen MR) is 54.3 cm³/mol. The van der Waals surface area contributed by atoms with Crippen LogP contribution in [0.5, 0.6) is 0 Å². The lowest BCUT2D eigenvalue weighted by atomic mass is 9.65. The molecule has 0 radical (unpaired) electrons. The molecule has 15 heavy (non-hydrogen) atoms. The largest absolute Gasteiger partial charge is 0.290 e. The third kappa shape index (κ3) is 1.66. The molecule has 0 spiro atoms. The van der Waals surface area contributed by atoms with E-state index in [0.717, 1.165) is 12.8 Å².